The number of amides is 1. The van der Waals surface area contributed by atoms with Crippen LogP contribution in [0.5, 0.6) is 0 Å². The number of carbonyl (C=O) groups is 1. The highest BCUT2D eigenvalue weighted by molar-refractivity contribution is 5.78. The molecule has 2 fully saturated rings. The maximum atomic E-state index is 12.5. The smallest absolute Gasteiger partial charge is 0.236 e. The molecule has 0 aromatic carbocycles. The number of hydrogen-bond donors (Lipinski definition) is 1. The summed E-state index contributed by atoms with van der Waals surface area (Å²) in [6.07, 6.45) is 5.44. The van der Waals surface area contributed by atoms with Crippen LogP contribution in [0.1, 0.15) is 50.7 Å². The first-order valence-corrected chi connectivity index (χ1v) is 8.54. The fraction of sp³-hybridized carbons (Fsp3) is 0.812. The van der Waals surface area contributed by atoms with Gasteiger partial charge in [0.2, 0.25) is 11.8 Å². The zero-order valence-electron chi connectivity index (χ0n) is 14.0. The number of ether oxygens (including phenoxy) is 1. The van der Waals surface area contributed by atoms with E-state index >= 15 is 0 Å². The van der Waals surface area contributed by atoms with Gasteiger partial charge in [0.1, 0.15) is 0 Å². The van der Waals surface area contributed by atoms with Crippen molar-refractivity contribution in [3.05, 3.63) is 11.7 Å². The van der Waals surface area contributed by atoms with Crippen LogP contribution >= 0.6 is 0 Å². The van der Waals surface area contributed by atoms with Crippen LogP contribution < -0.4 is 5.32 Å². The van der Waals surface area contributed by atoms with Gasteiger partial charge in [-0.05, 0) is 19.8 Å². The van der Waals surface area contributed by atoms with Crippen molar-refractivity contribution in [3.8, 4) is 0 Å². The zero-order chi connectivity index (χ0) is 16.3. The average molecular weight is 322 g/mol. The summed E-state index contributed by atoms with van der Waals surface area (Å²) in [5.74, 6) is 1.38. The maximum absolute atomic E-state index is 12.5. The highest BCUT2D eigenvalue weighted by atomic mass is 16.5. The Kier molecular flexibility index (Phi) is 4.96. The Bertz CT molecular complexity index is 539. The van der Waals surface area contributed by atoms with Crippen LogP contribution in [0.15, 0.2) is 4.52 Å². The normalized spacial score (nSPS) is 24.6. The van der Waals surface area contributed by atoms with Gasteiger partial charge < -0.3 is 14.2 Å². The Balaban J connectivity index is 1.66. The van der Waals surface area contributed by atoms with E-state index in [1.54, 1.807) is 6.92 Å². The number of aryl methyl sites for hydroxylation is 1. The minimum Gasteiger partial charge on any atom is -0.375 e. The van der Waals surface area contributed by atoms with Crippen molar-refractivity contribution in [2.24, 2.45) is 0 Å². The standard InChI is InChI=1S/C16H26N4O3/c1-12-11-20(8-9-22-12)14(21)10-17-16(6-4-3-5-7-16)15-18-13(2)23-19-15/h12,17H,3-11H2,1-2H3. The molecule has 1 aromatic rings. The Morgan fingerprint density at radius 2 is 2.17 bits per heavy atom. The van der Waals surface area contributed by atoms with Gasteiger partial charge in [-0.1, -0.05) is 24.4 Å². The molecule has 2 heterocycles. The minimum atomic E-state index is -0.330. The van der Waals surface area contributed by atoms with Crippen molar-refractivity contribution in [2.45, 2.75) is 57.6 Å². The summed E-state index contributed by atoms with van der Waals surface area (Å²) in [7, 11) is 0. The SMILES string of the molecule is Cc1nc(C2(NCC(=O)N3CCOC(C)C3)CCCCC2)no1. The summed E-state index contributed by atoms with van der Waals surface area (Å²) in [6, 6.07) is 0. The molecule has 128 valence electrons. The third-order valence-electron chi connectivity index (χ3n) is 4.83. The van der Waals surface area contributed by atoms with Crippen molar-refractivity contribution in [1.29, 1.82) is 0 Å². The van der Waals surface area contributed by atoms with E-state index < -0.39 is 0 Å². The summed E-state index contributed by atoms with van der Waals surface area (Å²) in [4.78, 5) is 18.8. The van der Waals surface area contributed by atoms with Crippen molar-refractivity contribution in [1.82, 2.24) is 20.4 Å². The fourth-order valence-electron chi connectivity index (χ4n) is 3.53. The van der Waals surface area contributed by atoms with E-state index in [-0.39, 0.29) is 17.6 Å². The molecule has 0 spiro atoms. The highest BCUT2D eigenvalue weighted by Gasteiger charge is 2.38. The Labute approximate surface area is 136 Å². The van der Waals surface area contributed by atoms with Crippen LogP contribution in [0.3, 0.4) is 0 Å². The molecule has 1 saturated carbocycles. The first kappa shape index (κ1) is 16.4. The number of morpholine rings is 1. The van der Waals surface area contributed by atoms with Gasteiger partial charge in [0.25, 0.3) is 0 Å². The monoisotopic (exact) mass is 322 g/mol. The molecule has 1 aliphatic carbocycles. The number of nitrogens with one attached hydrogen (secondary N) is 1. The second kappa shape index (κ2) is 6.97. The number of rotatable bonds is 4. The van der Waals surface area contributed by atoms with E-state index in [1.807, 2.05) is 11.8 Å². The Morgan fingerprint density at radius 1 is 1.39 bits per heavy atom. The number of aromatic nitrogens is 2. The van der Waals surface area contributed by atoms with E-state index in [1.165, 1.54) is 6.42 Å². The van der Waals surface area contributed by atoms with Crippen molar-refractivity contribution >= 4 is 5.91 Å². The Morgan fingerprint density at radius 3 is 2.83 bits per heavy atom. The first-order valence-electron chi connectivity index (χ1n) is 8.54. The molecule has 1 aromatic heterocycles. The third-order valence-corrected chi connectivity index (χ3v) is 4.83. The Hall–Kier alpha value is -1.47. The number of hydrogen-bond acceptors (Lipinski definition) is 6. The zero-order valence-corrected chi connectivity index (χ0v) is 14.0. The van der Waals surface area contributed by atoms with Crippen LogP contribution in [-0.4, -0.2) is 53.3 Å². The molecular formula is C16H26N4O3. The lowest BCUT2D eigenvalue weighted by Gasteiger charge is -2.37. The lowest BCUT2D eigenvalue weighted by atomic mass is 9.81. The van der Waals surface area contributed by atoms with Gasteiger partial charge in [-0.3, -0.25) is 10.1 Å². The molecule has 1 aliphatic heterocycles. The molecule has 1 unspecified atom stereocenters. The van der Waals surface area contributed by atoms with Crippen LogP contribution in [0, 0.1) is 6.92 Å². The molecule has 1 atom stereocenters. The maximum Gasteiger partial charge on any atom is 0.236 e. The van der Waals surface area contributed by atoms with E-state index in [2.05, 4.69) is 15.5 Å². The van der Waals surface area contributed by atoms with Crippen molar-refractivity contribution in [3.63, 3.8) is 0 Å². The molecule has 7 heteroatoms. The van der Waals surface area contributed by atoms with Crippen LogP contribution in [0.25, 0.3) is 0 Å². The summed E-state index contributed by atoms with van der Waals surface area (Å²) >= 11 is 0. The van der Waals surface area contributed by atoms with Crippen molar-refractivity contribution < 1.29 is 14.1 Å². The second-order valence-corrected chi connectivity index (χ2v) is 6.65. The molecule has 1 N–H and O–H groups in total. The molecule has 0 bridgehead atoms. The predicted molar refractivity (Wildman–Crippen MR) is 83.8 cm³/mol. The molecule has 7 nitrogen and oxygen atoms in total. The van der Waals surface area contributed by atoms with E-state index in [0.29, 0.717) is 38.0 Å². The molecule has 3 rings (SSSR count). The predicted octanol–water partition coefficient (Wildman–Crippen LogP) is 1.37. The van der Waals surface area contributed by atoms with Crippen LogP contribution in [0.4, 0.5) is 0 Å². The molecule has 23 heavy (non-hydrogen) atoms. The van der Waals surface area contributed by atoms with Gasteiger partial charge in [0.15, 0.2) is 5.82 Å². The fourth-order valence-corrected chi connectivity index (χ4v) is 3.53. The van der Waals surface area contributed by atoms with Gasteiger partial charge in [-0.25, -0.2) is 0 Å². The van der Waals surface area contributed by atoms with E-state index in [0.717, 1.165) is 25.7 Å². The summed E-state index contributed by atoms with van der Waals surface area (Å²) in [6.45, 7) is 6.04. The summed E-state index contributed by atoms with van der Waals surface area (Å²) in [5, 5.41) is 7.58. The third kappa shape index (κ3) is 3.72. The van der Waals surface area contributed by atoms with Gasteiger partial charge in [-0.2, -0.15) is 4.98 Å². The average Bonchev–Trinajstić information content (AvgIpc) is 3.01. The van der Waals surface area contributed by atoms with E-state index in [9.17, 15) is 4.79 Å². The van der Waals surface area contributed by atoms with Crippen LogP contribution in [-0.2, 0) is 15.1 Å². The van der Waals surface area contributed by atoms with Gasteiger partial charge in [0.05, 0.1) is 24.8 Å². The van der Waals surface area contributed by atoms with Crippen LogP contribution in [0.2, 0.25) is 0 Å². The number of nitrogens with zero attached hydrogens (tertiary/aromatic N) is 3. The molecular weight excluding hydrogens is 296 g/mol. The number of carbonyl (C=O) groups excluding carboxylic acids is 1. The minimum absolute atomic E-state index is 0.108. The van der Waals surface area contributed by atoms with Gasteiger partial charge >= 0.3 is 0 Å². The van der Waals surface area contributed by atoms with Crippen molar-refractivity contribution in [2.75, 3.05) is 26.2 Å². The lowest BCUT2D eigenvalue weighted by Crippen LogP contribution is -2.52. The highest BCUT2D eigenvalue weighted by Crippen LogP contribution is 2.35. The molecule has 0 radical (unpaired) electrons. The molecule has 2 aliphatic rings. The molecule has 1 amide bonds. The van der Waals surface area contributed by atoms with E-state index in [4.69, 9.17) is 9.26 Å². The topological polar surface area (TPSA) is 80.5 Å². The largest absolute Gasteiger partial charge is 0.375 e. The molecule has 1 saturated heterocycles. The van der Waals surface area contributed by atoms with Gasteiger partial charge in [-0.15, -0.1) is 0 Å². The second-order valence-electron chi connectivity index (χ2n) is 6.65. The quantitative estimate of drug-likeness (QED) is 0.902. The first-order chi connectivity index (χ1) is 11.1. The lowest BCUT2D eigenvalue weighted by molar-refractivity contribution is -0.137. The summed E-state index contributed by atoms with van der Waals surface area (Å²) in [5.41, 5.74) is -0.330. The van der Waals surface area contributed by atoms with Gasteiger partial charge in [0, 0.05) is 20.0 Å². The summed E-state index contributed by atoms with van der Waals surface area (Å²) < 4.78 is 10.7.